The van der Waals surface area contributed by atoms with Gasteiger partial charge < -0.3 is 0 Å². The number of nitrogens with one attached hydrogen (secondary N) is 1. The minimum Gasteiger partial charge on any atom is -0.250 e. The van der Waals surface area contributed by atoms with Gasteiger partial charge in [0.05, 0.1) is 6.54 Å². The van der Waals surface area contributed by atoms with Gasteiger partial charge in [0.25, 0.3) is 0 Å². The molecule has 0 bridgehead atoms. The average Bonchev–Trinajstić information content (AvgIpc) is 2.48. The van der Waals surface area contributed by atoms with Crippen LogP contribution in [0.5, 0.6) is 0 Å². The molecule has 2 nitrogen and oxygen atoms in total. The third-order valence-corrected chi connectivity index (χ3v) is 1.73. The molecule has 0 aliphatic heterocycles. The van der Waals surface area contributed by atoms with E-state index in [0.717, 1.165) is 0 Å². The number of alkyl halides is 3. The minimum absolute atomic E-state index is 0.196. The number of imidazole rings is 1. The second kappa shape index (κ2) is 4.30. The summed E-state index contributed by atoms with van der Waals surface area (Å²) in [5.41, 5.74) is 0. The Kier molecular flexibility index (Phi) is 3.33. The molecule has 1 aromatic rings. The van der Waals surface area contributed by atoms with E-state index in [0.29, 0.717) is 13.0 Å². The van der Waals surface area contributed by atoms with E-state index in [1.54, 1.807) is 18.7 Å². The van der Waals surface area contributed by atoms with Crippen molar-refractivity contribution in [3.05, 3.63) is 18.7 Å². The average molecular weight is 193 g/mol. The first-order valence-electron chi connectivity index (χ1n) is 4.16. The van der Waals surface area contributed by atoms with E-state index in [-0.39, 0.29) is 6.42 Å². The molecule has 0 aromatic carbocycles. The molecule has 0 fully saturated rings. The summed E-state index contributed by atoms with van der Waals surface area (Å²) in [5, 5.41) is 0. The molecule has 1 N–H and O–H groups in total. The molecule has 0 radical (unpaired) electrons. The van der Waals surface area contributed by atoms with Crippen LogP contribution >= 0.6 is 0 Å². The molecular formula is C8H12F3N2+. The first-order chi connectivity index (χ1) is 6.08. The van der Waals surface area contributed by atoms with Crippen molar-refractivity contribution in [2.45, 2.75) is 32.0 Å². The SMILES string of the molecule is FC(F)(F)CCCC[n+]1cc[nH]c1. The monoisotopic (exact) mass is 193 g/mol. The predicted molar refractivity (Wildman–Crippen MR) is 40.9 cm³/mol. The number of hydrogen-bond acceptors (Lipinski definition) is 0. The van der Waals surface area contributed by atoms with Gasteiger partial charge in [-0.2, -0.15) is 13.2 Å². The van der Waals surface area contributed by atoms with Gasteiger partial charge in [0.2, 0.25) is 6.33 Å². The zero-order valence-electron chi connectivity index (χ0n) is 7.14. The third-order valence-electron chi connectivity index (χ3n) is 1.73. The van der Waals surface area contributed by atoms with Crippen LogP contribution < -0.4 is 4.57 Å². The molecule has 0 saturated heterocycles. The lowest BCUT2D eigenvalue weighted by atomic mass is 10.2. The van der Waals surface area contributed by atoms with Crippen molar-refractivity contribution in [2.24, 2.45) is 0 Å². The molecule has 74 valence electrons. The van der Waals surface area contributed by atoms with Crippen LogP contribution in [0.25, 0.3) is 0 Å². The molecular weight excluding hydrogens is 181 g/mol. The standard InChI is InChI=1S/C8H11F3N2/c9-8(10,11)3-1-2-5-13-6-4-12-7-13/h4,6-7H,1-3,5H2/p+1. The largest absolute Gasteiger partial charge is 0.389 e. The first kappa shape index (κ1) is 10.1. The Morgan fingerprint density at radius 2 is 2.00 bits per heavy atom. The Labute approximate surface area is 74.4 Å². The smallest absolute Gasteiger partial charge is 0.250 e. The Morgan fingerprint density at radius 1 is 1.23 bits per heavy atom. The molecule has 0 spiro atoms. The van der Waals surface area contributed by atoms with Crippen molar-refractivity contribution in [3.8, 4) is 0 Å². The third kappa shape index (κ3) is 4.55. The lowest BCUT2D eigenvalue weighted by Crippen LogP contribution is -2.30. The maximum Gasteiger partial charge on any atom is 0.389 e. The van der Waals surface area contributed by atoms with Gasteiger partial charge in [-0.3, -0.25) is 4.98 Å². The van der Waals surface area contributed by atoms with E-state index in [2.05, 4.69) is 4.98 Å². The molecule has 0 aliphatic rings. The zero-order valence-corrected chi connectivity index (χ0v) is 7.14. The van der Waals surface area contributed by atoms with Crippen LogP contribution in [-0.4, -0.2) is 11.2 Å². The van der Waals surface area contributed by atoms with Crippen LogP contribution in [0.3, 0.4) is 0 Å². The van der Waals surface area contributed by atoms with Crippen molar-refractivity contribution >= 4 is 0 Å². The summed E-state index contributed by atoms with van der Waals surface area (Å²) in [6.07, 6.45) is 1.33. The van der Waals surface area contributed by atoms with E-state index in [1.807, 2.05) is 4.57 Å². The number of hydrogen-bond donors (Lipinski definition) is 1. The van der Waals surface area contributed by atoms with E-state index in [4.69, 9.17) is 0 Å². The number of H-pyrrole nitrogens is 1. The molecule has 0 unspecified atom stereocenters. The summed E-state index contributed by atoms with van der Waals surface area (Å²) in [6, 6.07) is 0. The quantitative estimate of drug-likeness (QED) is 0.557. The summed E-state index contributed by atoms with van der Waals surface area (Å²) >= 11 is 0. The minimum atomic E-state index is -4.01. The summed E-state index contributed by atoms with van der Waals surface area (Å²) < 4.78 is 37.0. The number of aromatic nitrogens is 2. The normalized spacial score (nSPS) is 11.9. The zero-order chi connectivity index (χ0) is 9.73. The van der Waals surface area contributed by atoms with Gasteiger partial charge in [-0.05, 0) is 12.8 Å². The second-order valence-corrected chi connectivity index (χ2v) is 2.92. The van der Waals surface area contributed by atoms with Gasteiger partial charge >= 0.3 is 6.18 Å². The maximum atomic E-state index is 11.7. The molecule has 0 amide bonds. The molecule has 1 aromatic heterocycles. The maximum absolute atomic E-state index is 11.7. The highest BCUT2D eigenvalue weighted by Crippen LogP contribution is 2.21. The van der Waals surface area contributed by atoms with Crippen molar-refractivity contribution in [1.82, 2.24) is 4.98 Å². The number of halogens is 3. The van der Waals surface area contributed by atoms with E-state index >= 15 is 0 Å². The van der Waals surface area contributed by atoms with Gasteiger partial charge in [-0.25, -0.2) is 4.57 Å². The van der Waals surface area contributed by atoms with Crippen molar-refractivity contribution in [3.63, 3.8) is 0 Å². The van der Waals surface area contributed by atoms with Gasteiger partial charge in [0, 0.05) is 6.42 Å². The number of nitrogens with zero attached hydrogens (tertiary/aromatic N) is 1. The summed E-state index contributed by atoms with van der Waals surface area (Å²) in [7, 11) is 0. The highest BCUT2D eigenvalue weighted by atomic mass is 19.4. The number of rotatable bonds is 4. The van der Waals surface area contributed by atoms with Crippen LogP contribution in [0.15, 0.2) is 18.7 Å². The first-order valence-corrected chi connectivity index (χ1v) is 4.16. The van der Waals surface area contributed by atoms with Crippen LogP contribution in [0, 0.1) is 0 Å². The highest BCUT2D eigenvalue weighted by molar-refractivity contribution is 4.56. The number of aromatic amines is 1. The van der Waals surface area contributed by atoms with Gasteiger partial charge in [-0.15, -0.1) is 0 Å². The molecule has 1 heterocycles. The van der Waals surface area contributed by atoms with Crippen molar-refractivity contribution < 1.29 is 17.7 Å². The van der Waals surface area contributed by atoms with E-state index < -0.39 is 12.6 Å². The summed E-state index contributed by atoms with van der Waals surface area (Å²) in [5.74, 6) is 0. The van der Waals surface area contributed by atoms with E-state index in [1.165, 1.54) is 0 Å². The molecule has 13 heavy (non-hydrogen) atoms. The van der Waals surface area contributed by atoms with Crippen LogP contribution in [0.1, 0.15) is 19.3 Å². The molecule has 1 rings (SSSR count). The molecule has 0 aliphatic carbocycles. The lowest BCUT2D eigenvalue weighted by Gasteiger charge is -2.03. The van der Waals surface area contributed by atoms with Gasteiger partial charge in [0.1, 0.15) is 12.4 Å². The lowest BCUT2D eigenvalue weighted by molar-refractivity contribution is -0.696. The number of aryl methyl sites for hydroxylation is 1. The fraction of sp³-hybridized carbons (Fsp3) is 0.625. The fourth-order valence-electron chi connectivity index (χ4n) is 1.08. The highest BCUT2D eigenvalue weighted by Gasteiger charge is 2.25. The van der Waals surface area contributed by atoms with E-state index in [9.17, 15) is 13.2 Å². The van der Waals surface area contributed by atoms with Crippen LogP contribution in [0.2, 0.25) is 0 Å². The van der Waals surface area contributed by atoms with Gasteiger partial charge in [-0.1, -0.05) is 0 Å². The topological polar surface area (TPSA) is 19.7 Å². The molecule has 5 heteroatoms. The fourth-order valence-corrected chi connectivity index (χ4v) is 1.08. The van der Waals surface area contributed by atoms with Crippen molar-refractivity contribution in [1.29, 1.82) is 0 Å². The summed E-state index contributed by atoms with van der Waals surface area (Å²) in [4.78, 5) is 2.83. The predicted octanol–water partition coefficient (Wildman–Crippen LogP) is 2.03. The Balaban J connectivity index is 2.09. The Bertz CT molecular complexity index is 228. The molecule has 0 saturated carbocycles. The van der Waals surface area contributed by atoms with Gasteiger partial charge in [0.15, 0.2) is 0 Å². The Hall–Kier alpha value is -1.00. The van der Waals surface area contributed by atoms with Crippen LogP contribution in [-0.2, 0) is 6.54 Å². The van der Waals surface area contributed by atoms with Crippen LogP contribution in [0.4, 0.5) is 13.2 Å². The summed E-state index contributed by atoms with van der Waals surface area (Å²) in [6.45, 7) is 0.638. The second-order valence-electron chi connectivity index (χ2n) is 2.92. The number of unbranched alkanes of at least 4 members (excludes halogenated alkanes) is 1. The van der Waals surface area contributed by atoms with Crippen molar-refractivity contribution in [2.75, 3.05) is 0 Å². The Morgan fingerprint density at radius 3 is 2.54 bits per heavy atom. The molecule has 0 atom stereocenters.